The summed E-state index contributed by atoms with van der Waals surface area (Å²) in [4.78, 5) is 35.6. The van der Waals surface area contributed by atoms with Gasteiger partial charge in [-0.05, 0) is 132 Å². The number of para-hydroxylation sites is 6. The second-order valence-electron chi connectivity index (χ2n) is 30.2. The Morgan fingerprint density at radius 1 is 0.206 bits per heavy atom. The van der Waals surface area contributed by atoms with E-state index in [0.29, 0.717) is 0 Å². The Kier molecular flexibility index (Phi) is 32.2. The standard InChI is InChI=1S/3C24H18N.C19H14N2.2C13H11N3.3Ir/c3*1-4-12-20(13-5-1)24(21-14-6-2-7-15-21,22-16-8-3-9-17-22)23-18-10-11-19-25-23;1-3-9-16(10-4-1)20-15-21(17-11-5-2-6-12-17)19-14-8-7-13-18(19)20;1-15-10-16(11-6-3-2-4-7-11)12-8-5-9-14-13(12)15;1-15-10-16(11-6-3-2-4-7-11)13-12(15)8-5-9-14-13;;;/h3*1-16,18-19H;1-11,13-15H;2*2-6,8-10H,1H3;;;/q3*-1;3*-2;3*+3. The summed E-state index contributed by atoms with van der Waals surface area (Å²) < 4.78 is 0. The molecule has 131 heavy (non-hydrogen) atoms. The monoisotopic (exact) mass is 2230 g/mol. The van der Waals surface area contributed by atoms with Crippen molar-refractivity contribution in [1.29, 1.82) is 0 Å². The van der Waals surface area contributed by atoms with Crippen LogP contribution in [0.2, 0.25) is 0 Å². The van der Waals surface area contributed by atoms with E-state index in [9.17, 15) is 0 Å². The summed E-state index contributed by atoms with van der Waals surface area (Å²) in [6.07, 6.45) is 9.19. The third-order valence-corrected chi connectivity index (χ3v) is 22.6. The molecule has 3 aliphatic heterocycles. The molecule has 14 heteroatoms. The van der Waals surface area contributed by atoms with Gasteiger partial charge in [0.05, 0.1) is 39.0 Å². The molecule has 8 heterocycles. The van der Waals surface area contributed by atoms with Gasteiger partial charge in [-0.2, -0.15) is 195 Å². The second-order valence-corrected chi connectivity index (χ2v) is 30.2. The van der Waals surface area contributed by atoms with Crippen LogP contribution in [-0.2, 0) is 76.6 Å². The van der Waals surface area contributed by atoms with E-state index in [4.69, 9.17) is 15.0 Å². The molecule has 0 spiro atoms. The number of aromatic nitrogens is 5. The van der Waals surface area contributed by atoms with E-state index >= 15 is 0 Å². The van der Waals surface area contributed by atoms with Gasteiger partial charge in [-0.15, -0.1) is 40.4 Å². The molecule has 5 aromatic heterocycles. The first kappa shape index (κ1) is 92.7. The number of rotatable bonds is 16. The maximum Gasteiger partial charge on any atom is 3.00 e. The van der Waals surface area contributed by atoms with Gasteiger partial charge in [0, 0.05) is 53.7 Å². The van der Waals surface area contributed by atoms with E-state index < -0.39 is 16.2 Å². The summed E-state index contributed by atoms with van der Waals surface area (Å²) in [5, 5.41) is 0. The van der Waals surface area contributed by atoms with Crippen LogP contribution in [0.5, 0.6) is 0 Å². The number of hydrogen-bond acceptors (Lipinski definition) is 11. The van der Waals surface area contributed by atoms with Crippen LogP contribution in [0.15, 0.2) is 492 Å². The van der Waals surface area contributed by atoms with Crippen molar-refractivity contribution in [2.45, 2.75) is 16.2 Å². The van der Waals surface area contributed by atoms with Gasteiger partial charge < -0.3 is 29.4 Å². The number of benzene rings is 14. The van der Waals surface area contributed by atoms with Crippen LogP contribution in [0.4, 0.5) is 57.1 Å². The quantitative estimate of drug-likeness (QED) is 0.0685. The van der Waals surface area contributed by atoms with Crippen molar-refractivity contribution in [3.05, 3.63) is 616 Å². The largest absolute Gasteiger partial charge is 3.00 e. The Morgan fingerprint density at radius 2 is 0.473 bits per heavy atom. The smallest absolute Gasteiger partial charge is 0.502 e. The van der Waals surface area contributed by atoms with Crippen LogP contribution in [0, 0.1) is 56.4 Å². The van der Waals surface area contributed by atoms with E-state index in [2.05, 4.69) is 340 Å². The summed E-state index contributed by atoms with van der Waals surface area (Å²) in [7, 11) is 4.01. The summed E-state index contributed by atoms with van der Waals surface area (Å²) in [5.74, 6) is 1.92. The fourth-order valence-electron chi connectivity index (χ4n) is 16.8. The Hall–Kier alpha value is -14.4. The van der Waals surface area contributed by atoms with Gasteiger partial charge in [0.15, 0.2) is 0 Å². The summed E-state index contributed by atoms with van der Waals surface area (Å²) in [5.41, 5.74) is 20.7. The van der Waals surface area contributed by atoms with Gasteiger partial charge in [-0.25, -0.2) is 9.97 Å². The minimum absolute atomic E-state index is 0. The average Bonchev–Trinajstić information content (AvgIpc) is 1.70. The molecule has 0 saturated carbocycles. The van der Waals surface area contributed by atoms with E-state index in [1.165, 1.54) is 44.8 Å². The molecule has 0 bridgehead atoms. The molecular formula is C117H90Ir3N11. The number of pyridine rings is 5. The molecular weight excluding hydrogens is 2140 g/mol. The third kappa shape index (κ3) is 20.4. The topological polar surface area (TPSA) is 83.9 Å². The van der Waals surface area contributed by atoms with Crippen molar-refractivity contribution in [1.82, 2.24) is 24.9 Å². The third-order valence-electron chi connectivity index (χ3n) is 22.6. The zero-order valence-corrected chi connectivity index (χ0v) is 79.1. The fourth-order valence-corrected chi connectivity index (χ4v) is 16.8. The van der Waals surface area contributed by atoms with Crippen LogP contribution in [-0.4, -0.2) is 39.0 Å². The predicted molar refractivity (Wildman–Crippen MR) is 520 cm³/mol. The van der Waals surface area contributed by atoms with E-state index in [1.807, 2.05) is 256 Å². The predicted octanol–water partition coefficient (Wildman–Crippen LogP) is 25.9. The SMILES string of the molecule is CN1[CH-]N(c2[c-]cccc2)c2cccnc21.CN1[CH-]N(c2[c-]cccc2)c2ncccc21.[Ir+3].[Ir+3].[Ir+3].[c-]1ccccc1C(c1ccccc1)(c1ccccc1)c1ccccn1.[c-]1ccccc1C(c1ccccc1)(c1ccccc1)c1ccccn1.[c-]1ccccc1C(c1ccccc1)(c1ccccc1)c1ccccn1.[c-]1ccccc1N1[CH-]N(c2ccccc2)c2ccccc21. The average molecular weight is 2230 g/mol. The molecule has 0 atom stereocenters. The number of hydrogen-bond donors (Lipinski definition) is 0. The molecule has 640 valence electrons. The normalized spacial score (nSPS) is 12.0. The first-order chi connectivity index (χ1) is 63.4. The maximum atomic E-state index is 4.76. The molecule has 0 unspecified atom stereocenters. The van der Waals surface area contributed by atoms with E-state index in [-0.39, 0.29) is 60.3 Å². The van der Waals surface area contributed by atoms with Gasteiger partial charge in [0.2, 0.25) is 0 Å². The van der Waals surface area contributed by atoms with Crippen LogP contribution < -0.4 is 29.4 Å². The number of fused-ring (bicyclic) bond motifs is 3. The van der Waals surface area contributed by atoms with E-state index in [1.54, 1.807) is 6.20 Å². The minimum atomic E-state index is -0.495. The van der Waals surface area contributed by atoms with Gasteiger partial charge in [-0.3, -0.25) is 15.0 Å². The van der Waals surface area contributed by atoms with Crippen molar-refractivity contribution in [3.8, 4) is 0 Å². The van der Waals surface area contributed by atoms with Crippen molar-refractivity contribution >= 4 is 57.1 Å². The molecule has 19 aromatic rings. The molecule has 0 saturated heterocycles. The van der Waals surface area contributed by atoms with Gasteiger partial charge >= 0.3 is 60.3 Å². The van der Waals surface area contributed by atoms with Crippen molar-refractivity contribution in [2.75, 3.05) is 43.5 Å². The zero-order chi connectivity index (χ0) is 86.8. The summed E-state index contributed by atoms with van der Waals surface area (Å²) >= 11 is 0. The van der Waals surface area contributed by atoms with Gasteiger partial charge in [-0.1, -0.05) is 231 Å². The Bertz CT molecular complexity index is 5530. The first-order valence-corrected chi connectivity index (χ1v) is 42.5. The molecule has 14 aromatic carbocycles. The number of anilines is 10. The first-order valence-electron chi connectivity index (χ1n) is 42.5. The Balaban J connectivity index is 0.000000127. The van der Waals surface area contributed by atoms with Crippen molar-refractivity contribution < 1.29 is 60.3 Å². The molecule has 3 aliphatic rings. The Morgan fingerprint density at radius 3 is 0.802 bits per heavy atom. The van der Waals surface area contributed by atoms with E-state index in [0.717, 1.165) is 79.5 Å². The van der Waals surface area contributed by atoms with Crippen LogP contribution in [0.1, 0.15) is 67.2 Å². The Labute approximate surface area is 810 Å². The van der Waals surface area contributed by atoms with Gasteiger partial charge in [0.25, 0.3) is 0 Å². The molecule has 11 nitrogen and oxygen atoms in total. The molecule has 22 rings (SSSR count). The molecule has 0 amide bonds. The van der Waals surface area contributed by atoms with Crippen molar-refractivity contribution in [3.63, 3.8) is 0 Å². The van der Waals surface area contributed by atoms with Crippen LogP contribution >= 0.6 is 0 Å². The summed E-state index contributed by atoms with van der Waals surface area (Å²) in [6, 6.07) is 177. The number of nitrogens with zero attached hydrogens (tertiary/aromatic N) is 11. The molecule has 0 N–H and O–H groups in total. The maximum absolute atomic E-state index is 4.76. The second kappa shape index (κ2) is 45.5. The van der Waals surface area contributed by atoms with Crippen LogP contribution in [0.3, 0.4) is 0 Å². The zero-order valence-electron chi connectivity index (χ0n) is 71.9. The fraction of sp³-hybridized carbons (Fsp3) is 0.0427. The van der Waals surface area contributed by atoms with Crippen molar-refractivity contribution in [2.24, 2.45) is 0 Å². The molecule has 0 radical (unpaired) electrons. The molecule has 0 aliphatic carbocycles. The minimum Gasteiger partial charge on any atom is -0.502 e. The summed E-state index contributed by atoms with van der Waals surface area (Å²) in [6.45, 7) is 6.15. The molecule has 0 fully saturated rings. The van der Waals surface area contributed by atoms with Crippen LogP contribution in [0.25, 0.3) is 0 Å². The van der Waals surface area contributed by atoms with Gasteiger partial charge in [0.1, 0.15) is 11.6 Å².